The highest BCUT2D eigenvalue weighted by Gasteiger charge is 2.19. The smallest absolute Gasteiger partial charge is 0.338 e. The Balaban J connectivity index is 2.45. The minimum Gasteiger partial charge on any atom is -0.462 e. The van der Waals surface area contributed by atoms with Gasteiger partial charge in [0.15, 0.2) is 0 Å². The quantitative estimate of drug-likeness (QED) is 0.728. The van der Waals surface area contributed by atoms with E-state index in [1.54, 1.807) is 32.9 Å². The average Bonchev–Trinajstić information content (AvgIpc) is 2.61. The number of nitrogens with one attached hydrogen (secondary N) is 1. The molecule has 144 valence electrons. The summed E-state index contributed by atoms with van der Waals surface area (Å²) in [5, 5.41) is 0. The predicted octanol–water partition coefficient (Wildman–Crippen LogP) is 3.15. The summed E-state index contributed by atoms with van der Waals surface area (Å²) in [7, 11) is -3.90. The van der Waals surface area contributed by atoms with Crippen molar-refractivity contribution in [2.45, 2.75) is 25.7 Å². The van der Waals surface area contributed by atoms with Crippen LogP contribution >= 0.6 is 0 Å². The van der Waals surface area contributed by atoms with E-state index in [1.165, 1.54) is 30.3 Å². The van der Waals surface area contributed by atoms with Crippen molar-refractivity contribution in [1.29, 1.82) is 0 Å². The number of anilines is 1. The van der Waals surface area contributed by atoms with Crippen molar-refractivity contribution >= 4 is 27.6 Å². The Morgan fingerprint density at radius 1 is 0.926 bits per heavy atom. The zero-order chi connectivity index (χ0) is 20.0. The third-order valence-corrected chi connectivity index (χ3v) is 4.89. The summed E-state index contributed by atoms with van der Waals surface area (Å²) < 4.78 is 37.5. The molecule has 0 saturated heterocycles. The number of aryl methyl sites for hydroxylation is 1. The van der Waals surface area contributed by atoms with Crippen LogP contribution in [0.5, 0.6) is 0 Å². The molecule has 0 radical (unpaired) electrons. The molecule has 0 aromatic heterocycles. The van der Waals surface area contributed by atoms with Gasteiger partial charge in [0.25, 0.3) is 10.0 Å². The van der Waals surface area contributed by atoms with Crippen LogP contribution in [-0.2, 0) is 19.5 Å². The van der Waals surface area contributed by atoms with Gasteiger partial charge < -0.3 is 9.47 Å². The van der Waals surface area contributed by atoms with Gasteiger partial charge in [0.2, 0.25) is 0 Å². The van der Waals surface area contributed by atoms with Gasteiger partial charge in [-0.05, 0) is 56.7 Å². The largest absolute Gasteiger partial charge is 0.462 e. The Morgan fingerprint density at radius 3 is 1.96 bits per heavy atom. The van der Waals surface area contributed by atoms with E-state index in [0.29, 0.717) is 0 Å². The highest BCUT2D eigenvalue weighted by atomic mass is 32.2. The number of hydrogen-bond donors (Lipinski definition) is 1. The number of carbonyl (C=O) groups excluding carboxylic acids is 2. The Labute approximate surface area is 158 Å². The van der Waals surface area contributed by atoms with Gasteiger partial charge in [0.1, 0.15) is 0 Å². The molecule has 2 aromatic carbocycles. The minimum atomic E-state index is -3.90. The molecule has 0 unspecified atom stereocenters. The molecule has 0 saturated carbocycles. The second-order valence-electron chi connectivity index (χ2n) is 5.66. The Hall–Kier alpha value is -2.87. The number of sulfonamides is 1. The van der Waals surface area contributed by atoms with Crippen LogP contribution in [0.1, 0.15) is 40.1 Å². The standard InChI is InChI=1S/C19H21NO6S/c1-4-25-18(21)14-10-15(19(22)26-5-2)12-16(11-14)20-27(23,24)17-8-6-7-13(3)9-17/h6-12,20H,4-5H2,1-3H3. The molecule has 8 heteroatoms. The molecule has 1 N–H and O–H groups in total. The van der Waals surface area contributed by atoms with Gasteiger partial charge in [-0.2, -0.15) is 0 Å². The van der Waals surface area contributed by atoms with E-state index in [0.717, 1.165) is 5.56 Å². The molecule has 27 heavy (non-hydrogen) atoms. The van der Waals surface area contributed by atoms with Crippen LogP contribution in [0.3, 0.4) is 0 Å². The maximum atomic E-state index is 12.6. The van der Waals surface area contributed by atoms with Crippen molar-refractivity contribution in [3.05, 3.63) is 59.2 Å². The lowest BCUT2D eigenvalue weighted by molar-refractivity contribution is 0.0525. The summed E-state index contributed by atoms with van der Waals surface area (Å²) in [6.07, 6.45) is 0. The molecule has 0 atom stereocenters. The lowest BCUT2D eigenvalue weighted by Crippen LogP contribution is -2.15. The molecule has 0 aliphatic carbocycles. The lowest BCUT2D eigenvalue weighted by Gasteiger charge is -2.12. The van der Waals surface area contributed by atoms with E-state index in [1.807, 2.05) is 0 Å². The van der Waals surface area contributed by atoms with Crippen molar-refractivity contribution in [3.8, 4) is 0 Å². The van der Waals surface area contributed by atoms with E-state index >= 15 is 0 Å². The normalized spacial score (nSPS) is 10.9. The van der Waals surface area contributed by atoms with Crippen molar-refractivity contribution in [2.75, 3.05) is 17.9 Å². The third kappa shape index (κ3) is 5.30. The molecule has 0 aliphatic rings. The van der Waals surface area contributed by atoms with Crippen LogP contribution in [0.15, 0.2) is 47.4 Å². The number of benzene rings is 2. The minimum absolute atomic E-state index is 0.0457. The molecule has 2 aromatic rings. The van der Waals surface area contributed by atoms with E-state index in [9.17, 15) is 18.0 Å². The van der Waals surface area contributed by atoms with Crippen LogP contribution in [0, 0.1) is 6.92 Å². The summed E-state index contributed by atoms with van der Waals surface area (Å²) in [5.41, 5.74) is 0.934. The zero-order valence-electron chi connectivity index (χ0n) is 15.3. The van der Waals surface area contributed by atoms with Gasteiger partial charge >= 0.3 is 11.9 Å². The SMILES string of the molecule is CCOC(=O)c1cc(NS(=O)(=O)c2cccc(C)c2)cc(C(=O)OCC)c1. The molecule has 0 fully saturated rings. The van der Waals surface area contributed by atoms with Crippen LogP contribution in [0.4, 0.5) is 5.69 Å². The van der Waals surface area contributed by atoms with Gasteiger partial charge in [-0.1, -0.05) is 12.1 Å². The first-order valence-electron chi connectivity index (χ1n) is 8.35. The number of carbonyl (C=O) groups is 2. The molecular formula is C19H21NO6S. The van der Waals surface area contributed by atoms with Gasteiger partial charge in [0.05, 0.1) is 34.9 Å². The molecule has 0 amide bonds. The first-order valence-corrected chi connectivity index (χ1v) is 9.84. The first kappa shape index (κ1) is 20.4. The maximum absolute atomic E-state index is 12.6. The fourth-order valence-corrected chi connectivity index (χ4v) is 3.49. The molecule has 0 spiro atoms. The van der Waals surface area contributed by atoms with E-state index in [2.05, 4.69) is 4.72 Å². The van der Waals surface area contributed by atoms with Crippen molar-refractivity contribution in [1.82, 2.24) is 0 Å². The van der Waals surface area contributed by atoms with Crippen molar-refractivity contribution < 1.29 is 27.5 Å². The Bertz CT molecular complexity index is 916. The monoisotopic (exact) mass is 391 g/mol. The number of ether oxygens (including phenoxy) is 2. The summed E-state index contributed by atoms with van der Waals surface area (Å²) in [5.74, 6) is -1.33. The number of rotatable bonds is 7. The molecule has 7 nitrogen and oxygen atoms in total. The summed E-state index contributed by atoms with van der Waals surface area (Å²) in [6, 6.07) is 10.3. The zero-order valence-corrected chi connectivity index (χ0v) is 16.1. The Morgan fingerprint density at radius 2 is 1.48 bits per heavy atom. The van der Waals surface area contributed by atoms with Gasteiger partial charge in [0, 0.05) is 0 Å². The summed E-state index contributed by atoms with van der Waals surface area (Å²) >= 11 is 0. The van der Waals surface area contributed by atoms with E-state index in [4.69, 9.17) is 9.47 Å². The summed E-state index contributed by atoms with van der Waals surface area (Å²) in [4.78, 5) is 24.2. The summed E-state index contributed by atoms with van der Waals surface area (Å²) in [6.45, 7) is 5.36. The first-order chi connectivity index (χ1) is 12.8. The van der Waals surface area contributed by atoms with Crippen molar-refractivity contribution in [3.63, 3.8) is 0 Å². The van der Waals surface area contributed by atoms with Crippen LogP contribution in [-0.4, -0.2) is 33.6 Å². The molecule has 2 rings (SSSR count). The molecule has 0 bridgehead atoms. The molecule has 0 heterocycles. The van der Waals surface area contributed by atoms with E-state index < -0.39 is 22.0 Å². The number of hydrogen-bond acceptors (Lipinski definition) is 6. The molecule has 0 aliphatic heterocycles. The van der Waals surface area contributed by atoms with Gasteiger partial charge in [-0.25, -0.2) is 18.0 Å². The average molecular weight is 391 g/mol. The highest BCUT2D eigenvalue weighted by molar-refractivity contribution is 7.92. The van der Waals surface area contributed by atoms with Crippen molar-refractivity contribution in [2.24, 2.45) is 0 Å². The van der Waals surface area contributed by atoms with Gasteiger partial charge in [-0.3, -0.25) is 4.72 Å². The second-order valence-corrected chi connectivity index (χ2v) is 7.34. The van der Waals surface area contributed by atoms with Crippen LogP contribution in [0.2, 0.25) is 0 Å². The number of esters is 2. The maximum Gasteiger partial charge on any atom is 0.338 e. The topological polar surface area (TPSA) is 98.8 Å². The third-order valence-electron chi connectivity index (χ3n) is 3.51. The predicted molar refractivity (Wildman–Crippen MR) is 100 cm³/mol. The fourth-order valence-electron chi connectivity index (χ4n) is 2.35. The fraction of sp³-hybridized carbons (Fsp3) is 0.263. The Kier molecular flexibility index (Phi) is 6.57. The lowest BCUT2D eigenvalue weighted by atomic mass is 10.1. The highest BCUT2D eigenvalue weighted by Crippen LogP contribution is 2.21. The second kappa shape index (κ2) is 8.68. The van der Waals surface area contributed by atoms with E-state index in [-0.39, 0.29) is 34.9 Å². The van der Waals surface area contributed by atoms with Crippen LogP contribution in [0.25, 0.3) is 0 Å². The molecular weight excluding hydrogens is 370 g/mol. The van der Waals surface area contributed by atoms with Gasteiger partial charge in [-0.15, -0.1) is 0 Å². The van der Waals surface area contributed by atoms with Crippen LogP contribution < -0.4 is 4.72 Å².